The van der Waals surface area contributed by atoms with Crippen LogP contribution in [0.1, 0.15) is 49.3 Å². The van der Waals surface area contributed by atoms with Gasteiger partial charge in [-0.25, -0.2) is 4.98 Å². The Balaban J connectivity index is 1.19. The Labute approximate surface area is 279 Å². The fraction of sp³-hybridized carbons (Fsp3) is 0.543. The Morgan fingerprint density at radius 1 is 1.00 bits per heavy atom. The molecule has 4 heterocycles. The molecular weight excluding hydrogens is 617 g/mol. The van der Waals surface area contributed by atoms with E-state index in [4.69, 9.17) is 21.3 Å². The first-order chi connectivity index (χ1) is 22.0. The SMILES string of the molecule is CCc1cc(Nc2ncc(Cl)c(Nc3ccc(C)c(C)c3P(C)(C)=O)n2)c(OC)cc1N1CCC(N2C[C@H]3CC[C@@H](C2)N3C)CC1. The van der Waals surface area contributed by atoms with Gasteiger partial charge in [-0.3, -0.25) is 9.80 Å². The largest absolute Gasteiger partial charge is 0.494 e. The van der Waals surface area contributed by atoms with Gasteiger partial charge in [0.2, 0.25) is 5.95 Å². The number of fused-ring (bicyclic) bond motifs is 2. The van der Waals surface area contributed by atoms with E-state index in [9.17, 15) is 4.57 Å². The van der Waals surface area contributed by atoms with Crippen LogP contribution in [0.2, 0.25) is 5.02 Å². The molecule has 3 aromatic rings. The lowest BCUT2D eigenvalue weighted by molar-refractivity contribution is 0.0495. The van der Waals surface area contributed by atoms with Crippen molar-refractivity contribution in [3.63, 3.8) is 0 Å². The Morgan fingerprint density at radius 3 is 2.33 bits per heavy atom. The highest BCUT2D eigenvalue weighted by molar-refractivity contribution is 7.70. The van der Waals surface area contributed by atoms with Crippen molar-refractivity contribution in [1.29, 1.82) is 0 Å². The second-order valence-electron chi connectivity index (χ2n) is 13.7. The Bertz CT molecular complexity index is 1620. The minimum Gasteiger partial charge on any atom is -0.494 e. The van der Waals surface area contributed by atoms with Crippen LogP contribution in [0.5, 0.6) is 5.75 Å². The molecule has 0 aliphatic carbocycles. The van der Waals surface area contributed by atoms with Crippen LogP contribution in [0, 0.1) is 13.8 Å². The van der Waals surface area contributed by atoms with E-state index in [-0.39, 0.29) is 0 Å². The lowest BCUT2D eigenvalue weighted by Gasteiger charge is -2.46. The Kier molecular flexibility index (Phi) is 9.60. The number of rotatable bonds is 9. The molecular formula is C35H49ClN7O2P. The average Bonchev–Trinajstić information content (AvgIpc) is 3.22. The number of hydrogen-bond donors (Lipinski definition) is 2. The fourth-order valence-electron chi connectivity index (χ4n) is 7.73. The first-order valence-corrected chi connectivity index (χ1v) is 19.6. The van der Waals surface area contributed by atoms with Crippen molar-refractivity contribution in [1.82, 2.24) is 19.8 Å². The molecule has 248 valence electrons. The number of likely N-dealkylation sites (N-methyl/N-ethyl adjacent to an activating group) is 1. The third-order valence-electron chi connectivity index (χ3n) is 10.5. The summed E-state index contributed by atoms with van der Waals surface area (Å²) in [6, 6.07) is 10.4. The average molecular weight is 666 g/mol. The predicted octanol–water partition coefficient (Wildman–Crippen LogP) is 6.80. The van der Waals surface area contributed by atoms with Crippen LogP contribution in [0.15, 0.2) is 30.5 Å². The number of aryl methyl sites for hydroxylation is 2. The highest BCUT2D eigenvalue weighted by Gasteiger charge is 2.40. The molecule has 0 spiro atoms. The van der Waals surface area contributed by atoms with Crippen molar-refractivity contribution < 1.29 is 9.30 Å². The Hall–Kier alpha value is -2.84. The molecule has 3 aliphatic heterocycles. The summed E-state index contributed by atoms with van der Waals surface area (Å²) in [5, 5.41) is 7.91. The summed E-state index contributed by atoms with van der Waals surface area (Å²) in [6.45, 7) is 14.3. The smallest absolute Gasteiger partial charge is 0.229 e. The number of nitrogens with zero attached hydrogens (tertiary/aromatic N) is 5. The number of likely N-dealkylation sites (tertiary alicyclic amines) is 1. The van der Waals surface area contributed by atoms with Crippen molar-refractivity contribution in [2.24, 2.45) is 0 Å². The summed E-state index contributed by atoms with van der Waals surface area (Å²) in [4.78, 5) is 17.1. The highest BCUT2D eigenvalue weighted by Crippen LogP contribution is 2.42. The zero-order valence-electron chi connectivity index (χ0n) is 28.4. The van der Waals surface area contributed by atoms with E-state index in [0.29, 0.717) is 22.8 Å². The summed E-state index contributed by atoms with van der Waals surface area (Å²) in [7, 11) is 1.44. The summed E-state index contributed by atoms with van der Waals surface area (Å²) < 4.78 is 19.2. The van der Waals surface area contributed by atoms with Gasteiger partial charge in [-0.05, 0) is 95.2 Å². The summed E-state index contributed by atoms with van der Waals surface area (Å²) in [6.07, 6.45) is 7.56. The van der Waals surface area contributed by atoms with Gasteiger partial charge in [0.05, 0.1) is 24.7 Å². The van der Waals surface area contributed by atoms with Crippen LogP contribution in [0.25, 0.3) is 0 Å². The fourth-order valence-corrected chi connectivity index (χ4v) is 9.57. The molecule has 3 saturated heterocycles. The molecule has 0 unspecified atom stereocenters. The molecule has 2 aromatic carbocycles. The summed E-state index contributed by atoms with van der Waals surface area (Å²) in [5.74, 6) is 1.58. The van der Waals surface area contributed by atoms with E-state index in [0.717, 1.165) is 65.1 Å². The molecule has 6 rings (SSSR count). The maximum absolute atomic E-state index is 13.3. The number of hydrogen-bond acceptors (Lipinski definition) is 9. The van der Waals surface area contributed by atoms with E-state index in [2.05, 4.69) is 56.4 Å². The minimum absolute atomic E-state index is 0.376. The van der Waals surface area contributed by atoms with Gasteiger partial charge in [0.25, 0.3) is 0 Å². The molecule has 3 fully saturated rings. The predicted molar refractivity (Wildman–Crippen MR) is 192 cm³/mol. The van der Waals surface area contributed by atoms with Crippen molar-refractivity contribution in [2.75, 3.05) is 69.2 Å². The van der Waals surface area contributed by atoms with Crippen LogP contribution in [0.3, 0.4) is 0 Å². The topological polar surface area (TPSA) is 85.9 Å². The van der Waals surface area contributed by atoms with E-state index in [1.54, 1.807) is 26.6 Å². The summed E-state index contributed by atoms with van der Waals surface area (Å²) >= 11 is 6.56. The number of anilines is 5. The second kappa shape index (κ2) is 13.3. The molecule has 0 radical (unpaired) electrons. The molecule has 9 nitrogen and oxygen atoms in total. The lowest BCUT2D eigenvalue weighted by atomic mass is 9.98. The molecule has 2 atom stereocenters. The third kappa shape index (κ3) is 6.62. The number of nitrogens with one attached hydrogen (secondary N) is 2. The number of piperidine rings is 1. The van der Waals surface area contributed by atoms with Gasteiger partial charge in [-0.2, -0.15) is 4.98 Å². The highest BCUT2D eigenvalue weighted by atomic mass is 35.5. The molecule has 1 aromatic heterocycles. The number of aromatic nitrogens is 2. The second-order valence-corrected chi connectivity index (χ2v) is 17.2. The Morgan fingerprint density at radius 2 is 1.70 bits per heavy atom. The van der Waals surface area contributed by atoms with Gasteiger partial charge in [0.1, 0.15) is 17.9 Å². The van der Waals surface area contributed by atoms with Gasteiger partial charge < -0.3 is 24.8 Å². The standard InChI is InChI=1S/C35H49ClN7O2P/c1-8-24-17-30(39-35-37-19-28(36)34(40-35)38-29-12-9-22(2)23(3)33(29)46(6,7)44)32(45-5)18-31(24)42-15-13-25(14-16-42)43-20-26-10-11-27(21-43)41(26)4/h9,12,17-19,25-27H,8,10-11,13-16,20-21H2,1-7H3,(H2,37,38,39,40)/t26-,27+. The molecule has 11 heteroatoms. The van der Waals surface area contributed by atoms with Gasteiger partial charge in [0.15, 0.2) is 5.82 Å². The third-order valence-corrected chi connectivity index (χ3v) is 12.4. The van der Waals surface area contributed by atoms with Crippen molar-refractivity contribution in [3.8, 4) is 5.75 Å². The first-order valence-electron chi connectivity index (χ1n) is 16.6. The minimum atomic E-state index is -2.58. The van der Waals surface area contributed by atoms with E-state index in [1.807, 2.05) is 26.0 Å². The van der Waals surface area contributed by atoms with Crippen molar-refractivity contribution in [2.45, 2.75) is 71.0 Å². The number of ether oxygens (including phenoxy) is 1. The van der Waals surface area contributed by atoms with Crippen molar-refractivity contribution in [3.05, 3.63) is 52.2 Å². The molecule has 46 heavy (non-hydrogen) atoms. The molecule has 0 saturated carbocycles. The van der Waals surface area contributed by atoms with Gasteiger partial charge in [-0.15, -0.1) is 0 Å². The lowest BCUT2D eigenvalue weighted by Crippen LogP contribution is -2.56. The molecule has 3 aliphatic rings. The van der Waals surface area contributed by atoms with Crippen LogP contribution >= 0.6 is 18.7 Å². The van der Waals surface area contributed by atoms with Gasteiger partial charge in [0, 0.05) is 61.4 Å². The van der Waals surface area contributed by atoms with Crippen LogP contribution in [0.4, 0.5) is 28.8 Å². The number of piperazine rings is 1. The van der Waals surface area contributed by atoms with Gasteiger partial charge in [-0.1, -0.05) is 24.6 Å². The summed E-state index contributed by atoms with van der Waals surface area (Å²) in [5.41, 5.74) is 6.14. The van der Waals surface area contributed by atoms with Crippen LogP contribution in [-0.4, -0.2) is 91.6 Å². The molecule has 2 bridgehead atoms. The number of halogens is 1. The molecule has 2 N–H and O–H groups in total. The van der Waals surface area contributed by atoms with Gasteiger partial charge >= 0.3 is 0 Å². The van der Waals surface area contributed by atoms with E-state index in [1.165, 1.54) is 50.0 Å². The molecule has 0 amide bonds. The quantitative estimate of drug-likeness (QED) is 0.240. The zero-order chi connectivity index (χ0) is 32.7. The number of benzene rings is 2. The normalized spacial score (nSPS) is 21.1. The van der Waals surface area contributed by atoms with E-state index >= 15 is 0 Å². The maximum atomic E-state index is 13.3. The monoisotopic (exact) mass is 665 g/mol. The van der Waals surface area contributed by atoms with Crippen molar-refractivity contribution >= 4 is 52.9 Å². The van der Waals surface area contributed by atoms with E-state index < -0.39 is 7.14 Å². The maximum Gasteiger partial charge on any atom is 0.229 e. The zero-order valence-corrected chi connectivity index (χ0v) is 30.0. The number of methoxy groups -OCH3 is 1. The first kappa shape index (κ1) is 33.1. The van der Waals surface area contributed by atoms with Crippen LogP contribution in [-0.2, 0) is 11.0 Å². The van der Waals surface area contributed by atoms with Crippen LogP contribution < -0.4 is 25.6 Å².